The second-order valence-corrected chi connectivity index (χ2v) is 6.22. The zero-order chi connectivity index (χ0) is 13.1. The molecule has 2 fully saturated rings. The molecule has 0 unspecified atom stereocenters. The first kappa shape index (κ1) is 13.1. The van der Waals surface area contributed by atoms with Crippen LogP contribution in [0.3, 0.4) is 0 Å². The van der Waals surface area contributed by atoms with Gasteiger partial charge in [-0.2, -0.15) is 0 Å². The van der Waals surface area contributed by atoms with Gasteiger partial charge in [0.15, 0.2) is 0 Å². The highest BCUT2D eigenvalue weighted by Crippen LogP contribution is 2.30. The Morgan fingerprint density at radius 3 is 2.53 bits per heavy atom. The molecule has 1 aromatic heterocycles. The van der Waals surface area contributed by atoms with E-state index in [1.165, 1.54) is 63.9 Å². The van der Waals surface area contributed by atoms with E-state index in [1.807, 2.05) is 0 Å². The molecule has 4 nitrogen and oxygen atoms in total. The maximum Gasteiger partial charge on any atom is 0.133 e. The molecule has 2 heterocycles. The van der Waals surface area contributed by atoms with Gasteiger partial charge in [-0.1, -0.05) is 19.3 Å². The van der Waals surface area contributed by atoms with Gasteiger partial charge < -0.3 is 9.88 Å². The summed E-state index contributed by atoms with van der Waals surface area (Å²) >= 11 is 0. The molecule has 3 rings (SSSR count). The Morgan fingerprint density at radius 2 is 1.79 bits per heavy atom. The van der Waals surface area contributed by atoms with E-state index in [4.69, 9.17) is 0 Å². The fourth-order valence-corrected chi connectivity index (χ4v) is 3.71. The molecule has 1 aliphatic carbocycles. The summed E-state index contributed by atoms with van der Waals surface area (Å²) in [6, 6.07) is 0.667. The summed E-state index contributed by atoms with van der Waals surface area (Å²) in [6.45, 7) is 4.45. The van der Waals surface area contributed by atoms with Crippen molar-refractivity contribution in [3.63, 3.8) is 0 Å². The third kappa shape index (κ3) is 2.99. The largest absolute Gasteiger partial charge is 0.317 e. The summed E-state index contributed by atoms with van der Waals surface area (Å²) in [5.41, 5.74) is 0. The fourth-order valence-electron chi connectivity index (χ4n) is 3.71. The Kier molecular flexibility index (Phi) is 4.16. The van der Waals surface area contributed by atoms with Crippen LogP contribution in [-0.4, -0.2) is 27.9 Å². The van der Waals surface area contributed by atoms with Crippen LogP contribution in [0.1, 0.15) is 62.6 Å². The first-order valence-electron chi connectivity index (χ1n) is 7.95. The lowest BCUT2D eigenvalue weighted by atomic mass is 9.92. The fraction of sp³-hybridized carbons (Fsp3) is 0.867. The van der Waals surface area contributed by atoms with Crippen LogP contribution in [0.4, 0.5) is 0 Å². The average Bonchev–Trinajstić information content (AvgIpc) is 2.82. The molecule has 0 bridgehead atoms. The quantitative estimate of drug-likeness (QED) is 0.910. The predicted molar refractivity (Wildman–Crippen MR) is 76.2 cm³/mol. The molecule has 1 N–H and O–H groups in total. The Morgan fingerprint density at radius 1 is 1.05 bits per heavy atom. The maximum atomic E-state index is 4.48. The van der Waals surface area contributed by atoms with Gasteiger partial charge in [-0.15, -0.1) is 10.2 Å². The number of hydrogen-bond acceptors (Lipinski definition) is 3. The van der Waals surface area contributed by atoms with Crippen molar-refractivity contribution in [3.05, 3.63) is 11.6 Å². The van der Waals surface area contributed by atoms with Crippen LogP contribution in [0, 0.1) is 12.8 Å². The number of rotatable bonds is 3. The summed E-state index contributed by atoms with van der Waals surface area (Å²) in [7, 11) is 0. The Bertz CT molecular complexity index is 400. The minimum absolute atomic E-state index is 0.667. The van der Waals surface area contributed by atoms with E-state index < -0.39 is 0 Å². The van der Waals surface area contributed by atoms with E-state index in [0.29, 0.717) is 6.04 Å². The highest BCUT2D eigenvalue weighted by molar-refractivity contribution is 4.99. The normalized spacial score (nSPS) is 22.8. The number of aryl methyl sites for hydroxylation is 1. The van der Waals surface area contributed by atoms with Crippen LogP contribution < -0.4 is 5.32 Å². The van der Waals surface area contributed by atoms with Crippen molar-refractivity contribution in [2.45, 2.75) is 64.3 Å². The minimum Gasteiger partial charge on any atom is -0.317 e. The number of piperidine rings is 1. The summed E-state index contributed by atoms with van der Waals surface area (Å²) < 4.78 is 2.46. The van der Waals surface area contributed by atoms with Crippen molar-refractivity contribution in [2.24, 2.45) is 5.92 Å². The summed E-state index contributed by atoms with van der Waals surface area (Å²) in [6.07, 6.45) is 10.5. The van der Waals surface area contributed by atoms with Crippen molar-refractivity contribution < 1.29 is 0 Å². The van der Waals surface area contributed by atoms with Gasteiger partial charge in [-0.25, -0.2) is 0 Å². The van der Waals surface area contributed by atoms with Crippen molar-refractivity contribution in [1.29, 1.82) is 0 Å². The van der Waals surface area contributed by atoms with E-state index in [-0.39, 0.29) is 0 Å². The van der Waals surface area contributed by atoms with Crippen molar-refractivity contribution >= 4 is 0 Å². The number of nitrogens with one attached hydrogen (secondary N) is 1. The van der Waals surface area contributed by atoms with E-state index in [0.717, 1.165) is 18.2 Å². The molecule has 0 radical (unpaired) electrons. The van der Waals surface area contributed by atoms with Crippen LogP contribution in [0.25, 0.3) is 0 Å². The second kappa shape index (κ2) is 6.04. The Labute approximate surface area is 116 Å². The van der Waals surface area contributed by atoms with Crippen molar-refractivity contribution in [3.8, 4) is 0 Å². The average molecular weight is 262 g/mol. The standard InChI is InChI=1S/C15H26N4/c1-12-17-18-15(11-13-7-9-16-10-8-13)19(12)14-5-3-2-4-6-14/h13-14,16H,2-11H2,1H3. The number of hydrogen-bond donors (Lipinski definition) is 1. The summed E-state index contributed by atoms with van der Waals surface area (Å²) in [5.74, 6) is 3.17. The lowest BCUT2D eigenvalue weighted by Crippen LogP contribution is -2.29. The van der Waals surface area contributed by atoms with Gasteiger partial charge in [-0.05, 0) is 51.6 Å². The topological polar surface area (TPSA) is 42.7 Å². The van der Waals surface area contributed by atoms with E-state index in [2.05, 4.69) is 27.0 Å². The van der Waals surface area contributed by atoms with E-state index >= 15 is 0 Å². The first-order valence-corrected chi connectivity index (χ1v) is 7.95. The van der Waals surface area contributed by atoms with Crippen LogP contribution in [0.15, 0.2) is 0 Å². The van der Waals surface area contributed by atoms with Crippen LogP contribution in [0.5, 0.6) is 0 Å². The molecule has 1 saturated heterocycles. The van der Waals surface area contributed by atoms with Gasteiger partial charge in [0.05, 0.1) is 0 Å². The van der Waals surface area contributed by atoms with Gasteiger partial charge in [0.1, 0.15) is 11.6 Å². The monoisotopic (exact) mass is 262 g/mol. The van der Waals surface area contributed by atoms with Crippen molar-refractivity contribution in [1.82, 2.24) is 20.1 Å². The molecule has 0 amide bonds. The molecule has 0 spiro atoms. The molecule has 19 heavy (non-hydrogen) atoms. The SMILES string of the molecule is Cc1nnc(CC2CCNCC2)n1C1CCCCC1. The van der Waals surface area contributed by atoms with Crippen LogP contribution in [-0.2, 0) is 6.42 Å². The summed E-state index contributed by atoms with van der Waals surface area (Å²) in [5, 5.41) is 12.3. The predicted octanol–water partition coefficient (Wildman–Crippen LogP) is 2.63. The van der Waals surface area contributed by atoms with E-state index in [9.17, 15) is 0 Å². The minimum atomic E-state index is 0.667. The molecule has 0 aromatic carbocycles. The maximum absolute atomic E-state index is 4.48. The van der Waals surface area contributed by atoms with Crippen molar-refractivity contribution in [2.75, 3.05) is 13.1 Å². The third-order valence-electron chi connectivity index (χ3n) is 4.81. The zero-order valence-corrected chi connectivity index (χ0v) is 12.1. The zero-order valence-electron chi connectivity index (χ0n) is 12.1. The van der Waals surface area contributed by atoms with Gasteiger partial charge in [0.2, 0.25) is 0 Å². The number of aromatic nitrogens is 3. The molecule has 1 saturated carbocycles. The molecule has 2 aliphatic rings. The summed E-state index contributed by atoms with van der Waals surface area (Å²) in [4.78, 5) is 0. The second-order valence-electron chi connectivity index (χ2n) is 6.22. The molecular weight excluding hydrogens is 236 g/mol. The molecule has 0 atom stereocenters. The lowest BCUT2D eigenvalue weighted by molar-refractivity contribution is 0.322. The van der Waals surface area contributed by atoms with Gasteiger partial charge in [0, 0.05) is 12.5 Å². The van der Waals surface area contributed by atoms with Crippen LogP contribution in [0.2, 0.25) is 0 Å². The van der Waals surface area contributed by atoms with E-state index in [1.54, 1.807) is 0 Å². The third-order valence-corrected chi connectivity index (χ3v) is 4.81. The smallest absolute Gasteiger partial charge is 0.133 e. The highest BCUT2D eigenvalue weighted by atomic mass is 15.3. The van der Waals surface area contributed by atoms with Gasteiger partial charge in [-0.3, -0.25) is 0 Å². The first-order chi connectivity index (χ1) is 9.34. The molecule has 106 valence electrons. The molecular formula is C15H26N4. The molecule has 1 aromatic rings. The highest BCUT2D eigenvalue weighted by Gasteiger charge is 2.23. The Hall–Kier alpha value is -0.900. The number of nitrogens with zero attached hydrogens (tertiary/aromatic N) is 3. The molecule has 4 heteroatoms. The molecule has 1 aliphatic heterocycles. The van der Waals surface area contributed by atoms with Gasteiger partial charge >= 0.3 is 0 Å². The lowest BCUT2D eigenvalue weighted by Gasteiger charge is -2.27. The Balaban J connectivity index is 1.73. The van der Waals surface area contributed by atoms with Gasteiger partial charge in [0.25, 0.3) is 0 Å². The van der Waals surface area contributed by atoms with Crippen LogP contribution >= 0.6 is 0 Å².